The number of rotatable bonds is 1. The van der Waals surface area contributed by atoms with E-state index in [1.165, 1.54) is 12.8 Å². The number of nitrogens with one attached hydrogen (secondary N) is 2. The fraction of sp³-hybridized carbons (Fsp3) is 0.857. The number of likely N-dealkylation sites (N-methyl/N-ethyl adjacent to an activating group) is 1. The van der Waals surface area contributed by atoms with Gasteiger partial charge >= 0.3 is 0 Å². The molecule has 1 atom stereocenters. The van der Waals surface area contributed by atoms with Gasteiger partial charge < -0.3 is 10.6 Å². The van der Waals surface area contributed by atoms with Gasteiger partial charge in [0.2, 0.25) is 5.91 Å². The Morgan fingerprint density at radius 2 is 2.27 bits per heavy atom. The summed E-state index contributed by atoms with van der Waals surface area (Å²) in [5.41, 5.74) is 0. The van der Waals surface area contributed by atoms with E-state index in [2.05, 4.69) is 10.6 Å². The highest BCUT2D eigenvalue weighted by Gasteiger charge is 2.18. The smallest absolute Gasteiger partial charge is 0.236 e. The normalized spacial score (nSPS) is 23.5. The molecular formula is C7H15ClN2O. The Kier molecular flexibility index (Phi) is 5.24. The van der Waals surface area contributed by atoms with E-state index < -0.39 is 0 Å². The van der Waals surface area contributed by atoms with Crippen LogP contribution in [0.1, 0.15) is 19.3 Å². The van der Waals surface area contributed by atoms with Crippen molar-refractivity contribution in [3.8, 4) is 0 Å². The molecule has 0 aromatic carbocycles. The number of carbonyl (C=O) groups excluding carboxylic acids is 1. The van der Waals surface area contributed by atoms with Crippen LogP contribution >= 0.6 is 12.4 Å². The number of hydrogen-bond donors (Lipinski definition) is 2. The zero-order valence-electron chi connectivity index (χ0n) is 6.72. The predicted molar refractivity (Wildman–Crippen MR) is 47.0 cm³/mol. The first-order valence-corrected chi connectivity index (χ1v) is 3.79. The van der Waals surface area contributed by atoms with Crippen LogP contribution in [0.25, 0.3) is 0 Å². The zero-order valence-corrected chi connectivity index (χ0v) is 7.54. The molecule has 1 fully saturated rings. The van der Waals surface area contributed by atoms with Crippen molar-refractivity contribution >= 4 is 18.3 Å². The van der Waals surface area contributed by atoms with E-state index in [0.29, 0.717) is 0 Å². The van der Waals surface area contributed by atoms with Gasteiger partial charge in [-0.25, -0.2) is 0 Å². The summed E-state index contributed by atoms with van der Waals surface area (Å²) in [4.78, 5) is 11.0. The van der Waals surface area contributed by atoms with Gasteiger partial charge in [0.25, 0.3) is 0 Å². The Hall–Kier alpha value is -0.280. The number of amides is 1. The third-order valence-electron chi connectivity index (χ3n) is 1.87. The predicted octanol–water partition coefficient (Wildman–Crippen LogP) is 0.296. The largest absolute Gasteiger partial charge is 0.358 e. The number of halogens is 1. The average Bonchev–Trinajstić information content (AvgIpc) is 2.05. The Morgan fingerprint density at radius 3 is 2.73 bits per heavy atom. The molecule has 4 heteroatoms. The van der Waals surface area contributed by atoms with Crippen LogP contribution in [0, 0.1) is 0 Å². The van der Waals surface area contributed by atoms with E-state index in [1.807, 2.05) is 0 Å². The van der Waals surface area contributed by atoms with Crippen LogP contribution in [0.4, 0.5) is 0 Å². The summed E-state index contributed by atoms with van der Waals surface area (Å²) in [6.45, 7) is 0.984. The third-order valence-corrected chi connectivity index (χ3v) is 1.87. The molecular weight excluding hydrogens is 164 g/mol. The summed E-state index contributed by atoms with van der Waals surface area (Å²) in [6.07, 6.45) is 3.36. The summed E-state index contributed by atoms with van der Waals surface area (Å²) in [5, 5.41) is 5.79. The molecule has 0 unspecified atom stereocenters. The molecule has 0 bridgehead atoms. The molecule has 1 rings (SSSR count). The SMILES string of the molecule is CNC(=O)[C@@H]1CCCCN1.Cl. The molecule has 0 radical (unpaired) electrons. The standard InChI is InChI=1S/C7H14N2O.ClH/c1-8-7(10)6-4-2-3-5-9-6;/h6,9H,2-5H2,1H3,(H,8,10);1H/t6-;/m0./s1. The minimum absolute atomic E-state index is 0. The van der Waals surface area contributed by atoms with E-state index in [-0.39, 0.29) is 24.4 Å². The van der Waals surface area contributed by atoms with Gasteiger partial charge in [-0.1, -0.05) is 6.42 Å². The molecule has 1 aliphatic heterocycles. The van der Waals surface area contributed by atoms with Gasteiger partial charge in [-0.15, -0.1) is 12.4 Å². The van der Waals surface area contributed by atoms with Crippen molar-refractivity contribution in [3.05, 3.63) is 0 Å². The van der Waals surface area contributed by atoms with Crippen molar-refractivity contribution in [2.75, 3.05) is 13.6 Å². The Bertz CT molecular complexity index is 124. The lowest BCUT2D eigenvalue weighted by Crippen LogP contribution is -2.45. The van der Waals surface area contributed by atoms with Crippen LogP contribution in [0.3, 0.4) is 0 Å². The molecule has 1 saturated heterocycles. The van der Waals surface area contributed by atoms with Gasteiger partial charge in [0.1, 0.15) is 0 Å². The second-order valence-corrected chi connectivity index (χ2v) is 2.62. The van der Waals surface area contributed by atoms with Crippen molar-refractivity contribution in [1.29, 1.82) is 0 Å². The number of hydrogen-bond acceptors (Lipinski definition) is 2. The summed E-state index contributed by atoms with van der Waals surface area (Å²) in [6, 6.07) is 0.0683. The van der Waals surface area contributed by atoms with Gasteiger partial charge in [-0.3, -0.25) is 4.79 Å². The summed E-state index contributed by atoms with van der Waals surface area (Å²) < 4.78 is 0. The van der Waals surface area contributed by atoms with E-state index in [1.54, 1.807) is 7.05 Å². The van der Waals surface area contributed by atoms with Crippen molar-refractivity contribution in [2.24, 2.45) is 0 Å². The van der Waals surface area contributed by atoms with E-state index in [4.69, 9.17) is 0 Å². The summed E-state index contributed by atoms with van der Waals surface area (Å²) in [5.74, 6) is 0.125. The molecule has 2 N–H and O–H groups in total. The average molecular weight is 179 g/mol. The van der Waals surface area contributed by atoms with Crippen molar-refractivity contribution < 1.29 is 4.79 Å². The van der Waals surface area contributed by atoms with Crippen LogP contribution in [-0.2, 0) is 4.79 Å². The van der Waals surface area contributed by atoms with Crippen LogP contribution in [0.15, 0.2) is 0 Å². The lowest BCUT2D eigenvalue weighted by atomic mass is 10.0. The molecule has 11 heavy (non-hydrogen) atoms. The molecule has 1 heterocycles. The third kappa shape index (κ3) is 3.08. The summed E-state index contributed by atoms with van der Waals surface area (Å²) in [7, 11) is 1.68. The molecule has 0 saturated carbocycles. The van der Waals surface area contributed by atoms with E-state index >= 15 is 0 Å². The fourth-order valence-electron chi connectivity index (χ4n) is 1.25. The van der Waals surface area contributed by atoms with Crippen molar-refractivity contribution in [2.45, 2.75) is 25.3 Å². The zero-order chi connectivity index (χ0) is 7.40. The lowest BCUT2D eigenvalue weighted by molar-refractivity contribution is -0.123. The highest BCUT2D eigenvalue weighted by Crippen LogP contribution is 2.05. The maximum atomic E-state index is 11.0. The molecule has 0 spiro atoms. The maximum absolute atomic E-state index is 11.0. The molecule has 66 valence electrons. The number of carbonyl (C=O) groups is 1. The minimum Gasteiger partial charge on any atom is -0.358 e. The molecule has 0 aliphatic carbocycles. The van der Waals surface area contributed by atoms with Gasteiger partial charge in [0.15, 0.2) is 0 Å². The Morgan fingerprint density at radius 1 is 1.55 bits per heavy atom. The van der Waals surface area contributed by atoms with Gasteiger partial charge in [-0.05, 0) is 19.4 Å². The van der Waals surface area contributed by atoms with Crippen LogP contribution < -0.4 is 10.6 Å². The Balaban J connectivity index is 0.000001000. The van der Waals surface area contributed by atoms with E-state index in [9.17, 15) is 4.79 Å². The van der Waals surface area contributed by atoms with Crippen LogP contribution in [-0.4, -0.2) is 25.5 Å². The van der Waals surface area contributed by atoms with Gasteiger partial charge in [-0.2, -0.15) is 0 Å². The van der Waals surface area contributed by atoms with Gasteiger partial charge in [0.05, 0.1) is 6.04 Å². The first kappa shape index (κ1) is 10.7. The van der Waals surface area contributed by atoms with Crippen LogP contribution in [0.5, 0.6) is 0 Å². The quantitative estimate of drug-likeness (QED) is 0.607. The molecule has 3 nitrogen and oxygen atoms in total. The second kappa shape index (κ2) is 5.38. The molecule has 1 aliphatic rings. The Labute approximate surface area is 73.3 Å². The minimum atomic E-state index is 0. The molecule has 0 aromatic rings. The van der Waals surface area contributed by atoms with Crippen LogP contribution in [0.2, 0.25) is 0 Å². The second-order valence-electron chi connectivity index (χ2n) is 2.62. The van der Waals surface area contributed by atoms with Crippen molar-refractivity contribution in [3.63, 3.8) is 0 Å². The first-order chi connectivity index (χ1) is 4.84. The van der Waals surface area contributed by atoms with Crippen molar-refractivity contribution in [1.82, 2.24) is 10.6 Å². The lowest BCUT2D eigenvalue weighted by Gasteiger charge is -2.21. The summed E-state index contributed by atoms with van der Waals surface area (Å²) >= 11 is 0. The highest BCUT2D eigenvalue weighted by molar-refractivity contribution is 5.85. The monoisotopic (exact) mass is 178 g/mol. The topological polar surface area (TPSA) is 41.1 Å². The highest BCUT2D eigenvalue weighted by atomic mass is 35.5. The van der Waals surface area contributed by atoms with Gasteiger partial charge in [0, 0.05) is 7.05 Å². The first-order valence-electron chi connectivity index (χ1n) is 3.79. The number of piperidine rings is 1. The van der Waals surface area contributed by atoms with E-state index in [0.717, 1.165) is 13.0 Å². The molecule has 0 aromatic heterocycles. The fourth-order valence-corrected chi connectivity index (χ4v) is 1.25. The molecule has 1 amide bonds. The maximum Gasteiger partial charge on any atom is 0.236 e.